The van der Waals surface area contributed by atoms with Crippen LogP contribution in [0.3, 0.4) is 0 Å². The highest BCUT2D eigenvalue weighted by molar-refractivity contribution is 5.38. The van der Waals surface area contributed by atoms with Gasteiger partial charge in [-0.15, -0.1) is 0 Å². The summed E-state index contributed by atoms with van der Waals surface area (Å²) in [6, 6.07) is 6.01. The van der Waals surface area contributed by atoms with Crippen LogP contribution in [0.2, 0.25) is 0 Å². The van der Waals surface area contributed by atoms with Crippen molar-refractivity contribution in [2.24, 2.45) is 0 Å². The molecule has 0 spiro atoms. The molecule has 3 heteroatoms. The molecule has 0 radical (unpaired) electrons. The highest BCUT2D eigenvalue weighted by Gasteiger charge is 2.22. The number of anilines is 1. The molecule has 1 aromatic rings. The van der Waals surface area contributed by atoms with E-state index in [4.69, 9.17) is 4.74 Å². The predicted octanol–water partition coefficient (Wildman–Crippen LogP) is 1.70. The Morgan fingerprint density at radius 2 is 2.00 bits per heavy atom. The van der Waals surface area contributed by atoms with Crippen LogP contribution in [0.1, 0.15) is 13.8 Å². The number of aromatic nitrogens is 1. The van der Waals surface area contributed by atoms with E-state index in [-0.39, 0.29) is 0 Å². The standard InChI is InChI=1S/C11H16N2O/c1-9-7-13(8-10(2)14-9)11-5-3-4-6-12-11/h3-6,9-10H,7-8H2,1-2H3/t9-,10-/m0/s1. The Kier molecular flexibility index (Phi) is 2.68. The van der Waals surface area contributed by atoms with Crippen molar-refractivity contribution in [3.8, 4) is 0 Å². The summed E-state index contributed by atoms with van der Waals surface area (Å²) in [6.45, 7) is 6.07. The van der Waals surface area contributed by atoms with Crippen LogP contribution in [-0.4, -0.2) is 30.3 Å². The Morgan fingerprint density at radius 3 is 2.57 bits per heavy atom. The van der Waals surface area contributed by atoms with E-state index in [1.165, 1.54) is 0 Å². The minimum Gasteiger partial charge on any atom is -0.372 e. The van der Waals surface area contributed by atoms with Gasteiger partial charge >= 0.3 is 0 Å². The van der Waals surface area contributed by atoms with E-state index in [1.54, 1.807) is 0 Å². The van der Waals surface area contributed by atoms with Crippen molar-refractivity contribution in [1.29, 1.82) is 0 Å². The van der Waals surface area contributed by atoms with Gasteiger partial charge in [0.2, 0.25) is 0 Å². The van der Waals surface area contributed by atoms with Gasteiger partial charge < -0.3 is 9.64 Å². The molecule has 0 saturated carbocycles. The Balaban J connectivity index is 2.11. The fraction of sp³-hybridized carbons (Fsp3) is 0.545. The number of hydrogen-bond acceptors (Lipinski definition) is 3. The molecular weight excluding hydrogens is 176 g/mol. The Hall–Kier alpha value is -1.09. The number of hydrogen-bond donors (Lipinski definition) is 0. The van der Waals surface area contributed by atoms with E-state index in [2.05, 4.69) is 23.7 Å². The van der Waals surface area contributed by atoms with E-state index >= 15 is 0 Å². The zero-order valence-corrected chi connectivity index (χ0v) is 8.68. The summed E-state index contributed by atoms with van der Waals surface area (Å²) in [7, 11) is 0. The first-order valence-electron chi connectivity index (χ1n) is 5.07. The molecule has 1 fully saturated rings. The van der Waals surface area contributed by atoms with E-state index < -0.39 is 0 Å². The normalized spacial score (nSPS) is 27.7. The van der Waals surface area contributed by atoms with Crippen molar-refractivity contribution >= 4 is 5.82 Å². The van der Waals surface area contributed by atoms with Crippen LogP contribution >= 0.6 is 0 Å². The molecule has 0 bridgehead atoms. The first-order valence-corrected chi connectivity index (χ1v) is 5.07. The fourth-order valence-corrected chi connectivity index (χ4v) is 1.91. The van der Waals surface area contributed by atoms with Gasteiger partial charge in [-0.05, 0) is 26.0 Å². The summed E-state index contributed by atoms with van der Waals surface area (Å²) in [4.78, 5) is 6.62. The second-order valence-electron chi connectivity index (χ2n) is 3.85. The summed E-state index contributed by atoms with van der Waals surface area (Å²) in [6.07, 6.45) is 2.42. The molecule has 1 aromatic heterocycles. The van der Waals surface area contributed by atoms with Gasteiger partial charge in [0.15, 0.2) is 0 Å². The maximum atomic E-state index is 5.67. The second kappa shape index (κ2) is 3.96. The van der Waals surface area contributed by atoms with Gasteiger partial charge in [0.1, 0.15) is 5.82 Å². The number of pyridine rings is 1. The van der Waals surface area contributed by atoms with Crippen molar-refractivity contribution in [3.63, 3.8) is 0 Å². The largest absolute Gasteiger partial charge is 0.372 e. The van der Waals surface area contributed by atoms with E-state index in [0.29, 0.717) is 12.2 Å². The summed E-state index contributed by atoms with van der Waals surface area (Å²) in [5.41, 5.74) is 0. The minimum absolute atomic E-state index is 0.292. The molecule has 1 aliphatic heterocycles. The molecule has 2 rings (SSSR count). The predicted molar refractivity (Wildman–Crippen MR) is 56.5 cm³/mol. The van der Waals surface area contributed by atoms with Crippen LogP contribution in [-0.2, 0) is 4.74 Å². The summed E-state index contributed by atoms with van der Waals surface area (Å²) in [5.74, 6) is 1.05. The molecule has 14 heavy (non-hydrogen) atoms. The fourth-order valence-electron chi connectivity index (χ4n) is 1.91. The van der Waals surface area contributed by atoms with E-state index in [9.17, 15) is 0 Å². The molecule has 3 nitrogen and oxygen atoms in total. The van der Waals surface area contributed by atoms with E-state index in [0.717, 1.165) is 18.9 Å². The maximum absolute atomic E-state index is 5.67. The molecule has 2 heterocycles. The Labute approximate surface area is 84.7 Å². The summed E-state index contributed by atoms with van der Waals surface area (Å²) < 4.78 is 5.67. The number of ether oxygens (including phenoxy) is 1. The molecule has 1 aliphatic rings. The van der Waals surface area contributed by atoms with Crippen molar-refractivity contribution < 1.29 is 4.74 Å². The lowest BCUT2D eigenvalue weighted by molar-refractivity contribution is -0.00545. The average Bonchev–Trinajstić information content (AvgIpc) is 2.18. The zero-order valence-electron chi connectivity index (χ0n) is 8.68. The minimum atomic E-state index is 0.292. The van der Waals surface area contributed by atoms with Crippen LogP contribution in [0.15, 0.2) is 24.4 Å². The van der Waals surface area contributed by atoms with Crippen molar-refractivity contribution in [3.05, 3.63) is 24.4 Å². The van der Waals surface area contributed by atoms with E-state index in [1.807, 2.05) is 24.4 Å². The summed E-state index contributed by atoms with van der Waals surface area (Å²) >= 11 is 0. The number of rotatable bonds is 1. The average molecular weight is 192 g/mol. The topological polar surface area (TPSA) is 25.4 Å². The highest BCUT2D eigenvalue weighted by atomic mass is 16.5. The lowest BCUT2D eigenvalue weighted by Crippen LogP contribution is -2.45. The molecule has 0 aliphatic carbocycles. The molecule has 0 N–H and O–H groups in total. The van der Waals surface area contributed by atoms with Crippen molar-refractivity contribution in [1.82, 2.24) is 4.98 Å². The van der Waals surface area contributed by atoms with Gasteiger partial charge in [-0.3, -0.25) is 0 Å². The van der Waals surface area contributed by atoms with Crippen LogP contribution in [0.5, 0.6) is 0 Å². The van der Waals surface area contributed by atoms with Crippen LogP contribution in [0.4, 0.5) is 5.82 Å². The molecule has 0 unspecified atom stereocenters. The quantitative estimate of drug-likeness (QED) is 0.677. The molecule has 0 amide bonds. The maximum Gasteiger partial charge on any atom is 0.128 e. The zero-order chi connectivity index (χ0) is 9.97. The first kappa shape index (κ1) is 9.46. The third-order valence-electron chi connectivity index (χ3n) is 2.39. The van der Waals surface area contributed by atoms with Crippen LogP contribution in [0, 0.1) is 0 Å². The van der Waals surface area contributed by atoms with Gasteiger partial charge in [-0.2, -0.15) is 0 Å². The number of morpholine rings is 1. The first-order chi connectivity index (χ1) is 6.75. The van der Waals surface area contributed by atoms with Crippen LogP contribution < -0.4 is 4.90 Å². The molecule has 2 atom stereocenters. The van der Waals surface area contributed by atoms with Crippen LogP contribution in [0.25, 0.3) is 0 Å². The van der Waals surface area contributed by atoms with Crippen molar-refractivity contribution in [2.75, 3.05) is 18.0 Å². The Bertz CT molecular complexity index is 279. The number of nitrogens with zero attached hydrogens (tertiary/aromatic N) is 2. The molecule has 1 saturated heterocycles. The SMILES string of the molecule is C[C@H]1CN(c2ccccn2)C[C@H](C)O1. The molecule has 76 valence electrons. The van der Waals surface area contributed by atoms with Gasteiger partial charge in [-0.25, -0.2) is 4.98 Å². The smallest absolute Gasteiger partial charge is 0.128 e. The lowest BCUT2D eigenvalue weighted by Gasteiger charge is -2.35. The summed E-state index contributed by atoms with van der Waals surface area (Å²) in [5, 5.41) is 0. The van der Waals surface area contributed by atoms with Crippen molar-refractivity contribution in [2.45, 2.75) is 26.1 Å². The molecule has 0 aromatic carbocycles. The third kappa shape index (κ3) is 2.04. The second-order valence-corrected chi connectivity index (χ2v) is 3.85. The van der Waals surface area contributed by atoms with Gasteiger partial charge in [-0.1, -0.05) is 6.07 Å². The Morgan fingerprint density at radius 1 is 1.29 bits per heavy atom. The lowest BCUT2D eigenvalue weighted by atomic mass is 10.2. The van der Waals surface area contributed by atoms with Gasteiger partial charge in [0.05, 0.1) is 12.2 Å². The monoisotopic (exact) mass is 192 g/mol. The van der Waals surface area contributed by atoms with Gasteiger partial charge in [0.25, 0.3) is 0 Å². The molecular formula is C11H16N2O. The highest BCUT2D eigenvalue weighted by Crippen LogP contribution is 2.17. The van der Waals surface area contributed by atoms with Gasteiger partial charge in [0, 0.05) is 19.3 Å². The third-order valence-corrected chi connectivity index (χ3v) is 2.39.